The van der Waals surface area contributed by atoms with Crippen LogP contribution < -0.4 is 10.5 Å². The smallest absolute Gasteiger partial charge is 0.121 e. The van der Waals surface area contributed by atoms with Gasteiger partial charge in [0.2, 0.25) is 0 Å². The molecule has 0 aliphatic heterocycles. The fourth-order valence-electron chi connectivity index (χ4n) is 2.38. The molecule has 0 atom stereocenters. The highest BCUT2D eigenvalue weighted by Gasteiger charge is 2.09. The first-order valence-corrected chi connectivity index (χ1v) is 6.74. The molecule has 3 aromatic rings. The summed E-state index contributed by atoms with van der Waals surface area (Å²) in [6.07, 6.45) is 1.80. The van der Waals surface area contributed by atoms with Crippen LogP contribution in [-0.2, 0) is 0 Å². The van der Waals surface area contributed by atoms with E-state index in [0.29, 0.717) is 0 Å². The van der Waals surface area contributed by atoms with Gasteiger partial charge in [0.05, 0.1) is 24.7 Å². The van der Waals surface area contributed by atoms with Crippen molar-refractivity contribution >= 4 is 5.69 Å². The van der Waals surface area contributed by atoms with Crippen LogP contribution in [0.5, 0.6) is 5.75 Å². The van der Waals surface area contributed by atoms with Gasteiger partial charge in [-0.1, -0.05) is 0 Å². The third-order valence-electron chi connectivity index (χ3n) is 3.47. The number of benzene rings is 2. The van der Waals surface area contributed by atoms with Gasteiger partial charge in [0.15, 0.2) is 0 Å². The van der Waals surface area contributed by atoms with Crippen molar-refractivity contribution in [3.63, 3.8) is 0 Å². The van der Waals surface area contributed by atoms with Crippen LogP contribution in [0.3, 0.4) is 0 Å². The number of ether oxygens (including phenoxy) is 1. The minimum Gasteiger partial charge on any atom is -0.496 e. The largest absolute Gasteiger partial charge is 0.496 e. The second kappa shape index (κ2) is 5.32. The monoisotopic (exact) mass is 279 g/mol. The average molecular weight is 279 g/mol. The Kier molecular flexibility index (Phi) is 3.36. The number of nitrogens with two attached hydrogens (primary N) is 1. The summed E-state index contributed by atoms with van der Waals surface area (Å²) in [7, 11) is 1.68. The standard InChI is InChI=1S/C17H17N3O/c1-12-11-13(3-8-17(12)21-2)16-9-10-19-20(16)15-6-4-14(18)5-7-15/h3-11H,18H2,1-2H3. The molecule has 0 unspecified atom stereocenters. The molecule has 1 aromatic heterocycles. The second-order valence-corrected chi connectivity index (χ2v) is 4.90. The summed E-state index contributed by atoms with van der Waals surface area (Å²) in [4.78, 5) is 0. The Morgan fingerprint density at radius 3 is 2.48 bits per heavy atom. The summed E-state index contributed by atoms with van der Waals surface area (Å²) >= 11 is 0. The van der Waals surface area contributed by atoms with Gasteiger partial charge in [-0.05, 0) is 61.0 Å². The van der Waals surface area contributed by atoms with Crippen LogP contribution in [0.25, 0.3) is 16.9 Å². The van der Waals surface area contributed by atoms with Crippen LogP contribution in [-0.4, -0.2) is 16.9 Å². The molecule has 3 rings (SSSR count). The third-order valence-corrected chi connectivity index (χ3v) is 3.47. The van der Waals surface area contributed by atoms with Crippen LogP contribution in [0.1, 0.15) is 5.56 Å². The molecule has 0 spiro atoms. The van der Waals surface area contributed by atoms with Gasteiger partial charge >= 0.3 is 0 Å². The Morgan fingerprint density at radius 1 is 1.05 bits per heavy atom. The van der Waals surface area contributed by atoms with Crippen LogP contribution in [0.15, 0.2) is 54.7 Å². The zero-order chi connectivity index (χ0) is 14.8. The molecule has 0 saturated heterocycles. The van der Waals surface area contributed by atoms with Gasteiger partial charge in [0.25, 0.3) is 0 Å². The summed E-state index contributed by atoms with van der Waals surface area (Å²) in [6.45, 7) is 2.03. The minimum atomic E-state index is 0.743. The van der Waals surface area contributed by atoms with E-state index in [4.69, 9.17) is 10.5 Å². The van der Waals surface area contributed by atoms with E-state index in [1.165, 1.54) is 0 Å². The zero-order valence-corrected chi connectivity index (χ0v) is 12.1. The maximum absolute atomic E-state index is 5.74. The molecule has 0 fully saturated rings. The fraction of sp³-hybridized carbons (Fsp3) is 0.118. The highest BCUT2D eigenvalue weighted by molar-refractivity contribution is 5.64. The number of hydrogen-bond donors (Lipinski definition) is 1. The second-order valence-electron chi connectivity index (χ2n) is 4.90. The number of rotatable bonds is 3. The molecule has 4 heteroatoms. The summed E-state index contributed by atoms with van der Waals surface area (Å²) in [5, 5.41) is 4.41. The fourth-order valence-corrected chi connectivity index (χ4v) is 2.38. The number of hydrogen-bond acceptors (Lipinski definition) is 3. The lowest BCUT2D eigenvalue weighted by Gasteiger charge is -2.10. The number of nitrogens with zero attached hydrogens (tertiary/aromatic N) is 2. The molecule has 21 heavy (non-hydrogen) atoms. The Hall–Kier alpha value is -2.75. The lowest BCUT2D eigenvalue weighted by atomic mass is 10.1. The molecular weight excluding hydrogens is 262 g/mol. The van der Waals surface area contributed by atoms with Crippen LogP contribution in [0.2, 0.25) is 0 Å². The van der Waals surface area contributed by atoms with E-state index in [1.54, 1.807) is 13.3 Å². The van der Waals surface area contributed by atoms with Crippen molar-refractivity contribution in [3.8, 4) is 22.7 Å². The third kappa shape index (κ3) is 2.48. The van der Waals surface area contributed by atoms with E-state index in [0.717, 1.165) is 33.9 Å². The van der Waals surface area contributed by atoms with E-state index in [-0.39, 0.29) is 0 Å². The topological polar surface area (TPSA) is 53.1 Å². The minimum absolute atomic E-state index is 0.743. The molecular formula is C17H17N3O. The molecule has 106 valence electrons. The van der Waals surface area contributed by atoms with E-state index < -0.39 is 0 Å². The average Bonchev–Trinajstić information content (AvgIpc) is 2.97. The van der Waals surface area contributed by atoms with E-state index in [9.17, 15) is 0 Å². The van der Waals surface area contributed by atoms with Gasteiger partial charge in [0, 0.05) is 11.3 Å². The number of aryl methyl sites for hydroxylation is 1. The quantitative estimate of drug-likeness (QED) is 0.747. The normalized spacial score (nSPS) is 10.6. The molecule has 0 aliphatic carbocycles. The zero-order valence-electron chi connectivity index (χ0n) is 12.1. The molecule has 0 bridgehead atoms. The first kappa shape index (κ1) is 13.2. The predicted molar refractivity (Wildman–Crippen MR) is 84.7 cm³/mol. The molecule has 0 saturated carbocycles. The first-order chi connectivity index (χ1) is 10.2. The van der Waals surface area contributed by atoms with Crippen molar-refractivity contribution in [2.75, 3.05) is 12.8 Å². The number of anilines is 1. The summed E-state index contributed by atoms with van der Waals surface area (Å²) in [5.41, 5.74) is 10.7. The Balaban J connectivity index is 2.06. The van der Waals surface area contributed by atoms with Gasteiger partial charge < -0.3 is 10.5 Å². The van der Waals surface area contributed by atoms with E-state index in [2.05, 4.69) is 11.2 Å². The van der Waals surface area contributed by atoms with Crippen molar-refractivity contribution in [1.29, 1.82) is 0 Å². The summed E-state index contributed by atoms with van der Waals surface area (Å²) in [6, 6.07) is 15.8. The highest BCUT2D eigenvalue weighted by atomic mass is 16.5. The SMILES string of the molecule is COc1ccc(-c2ccnn2-c2ccc(N)cc2)cc1C. The van der Waals surface area contributed by atoms with Crippen LogP contribution >= 0.6 is 0 Å². The summed E-state index contributed by atoms with van der Waals surface area (Å²) < 4.78 is 7.21. The first-order valence-electron chi connectivity index (χ1n) is 6.74. The van der Waals surface area contributed by atoms with Crippen molar-refractivity contribution in [1.82, 2.24) is 9.78 Å². The van der Waals surface area contributed by atoms with Gasteiger partial charge in [0.1, 0.15) is 5.75 Å². The van der Waals surface area contributed by atoms with Crippen molar-refractivity contribution in [3.05, 3.63) is 60.3 Å². The molecule has 0 aliphatic rings. The Bertz CT molecular complexity index is 760. The predicted octanol–water partition coefficient (Wildman–Crippen LogP) is 3.44. The van der Waals surface area contributed by atoms with E-state index in [1.807, 2.05) is 54.1 Å². The lowest BCUT2D eigenvalue weighted by Crippen LogP contribution is -1.99. The van der Waals surface area contributed by atoms with Gasteiger partial charge in [-0.2, -0.15) is 5.10 Å². The Labute approximate surface area is 123 Å². The number of nitrogen functional groups attached to an aromatic ring is 1. The van der Waals surface area contributed by atoms with Gasteiger partial charge in [-0.15, -0.1) is 0 Å². The molecule has 0 radical (unpaired) electrons. The van der Waals surface area contributed by atoms with Crippen molar-refractivity contribution in [2.24, 2.45) is 0 Å². The number of aromatic nitrogens is 2. The molecule has 4 nitrogen and oxygen atoms in total. The van der Waals surface area contributed by atoms with Gasteiger partial charge in [-0.25, -0.2) is 4.68 Å². The number of methoxy groups -OCH3 is 1. The van der Waals surface area contributed by atoms with Crippen molar-refractivity contribution < 1.29 is 4.74 Å². The van der Waals surface area contributed by atoms with Gasteiger partial charge in [-0.3, -0.25) is 0 Å². The lowest BCUT2D eigenvalue weighted by molar-refractivity contribution is 0.412. The maximum Gasteiger partial charge on any atom is 0.121 e. The molecule has 2 aromatic carbocycles. The molecule has 2 N–H and O–H groups in total. The Morgan fingerprint density at radius 2 is 1.81 bits per heavy atom. The van der Waals surface area contributed by atoms with Crippen LogP contribution in [0.4, 0.5) is 5.69 Å². The highest BCUT2D eigenvalue weighted by Crippen LogP contribution is 2.27. The molecule has 1 heterocycles. The van der Waals surface area contributed by atoms with Crippen LogP contribution in [0, 0.1) is 6.92 Å². The molecule has 0 amide bonds. The maximum atomic E-state index is 5.74. The van der Waals surface area contributed by atoms with Crippen molar-refractivity contribution in [2.45, 2.75) is 6.92 Å². The summed E-state index contributed by atoms with van der Waals surface area (Å²) in [5.74, 6) is 0.886. The van der Waals surface area contributed by atoms with E-state index >= 15 is 0 Å².